The molecule has 13 heavy (non-hydrogen) atoms. The van der Waals surface area contributed by atoms with Gasteiger partial charge in [-0.25, -0.2) is 0 Å². The van der Waals surface area contributed by atoms with Crippen molar-refractivity contribution in [2.45, 2.75) is 33.4 Å². The molecule has 2 N–H and O–H groups in total. The minimum Gasteiger partial charge on any atom is -0.375 e. The Morgan fingerprint density at radius 2 is 1.54 bits per heavy atom. The maximum absolute atomic E-state index is 10.4. The summed E-state index contributed by atoms with van der Waals surface area (Å²) in [7, 11) is 0. The molecular weight excluding hydrogens is 164 g/mol. The second kappa shape index (κ2) is 3.56. The summed E-state index contributed by atoms with van der Waals surface area (Å²) in [4.78, 5) is 2.16. The van der Waals surface area contributed by atoms with Crippen molar-refractivity contribution in [1.82, 2.24) is 10.2 Å². The smallest absolute Gasteiger partial charge is 0.120 e. The largest absolute Gasteiger partial charge is 0.375 e. The summed E-state index contributed by atoms with van der Waals surface area (Å²) in [5, 5.41) is 13.7. The van der Waals surface area contributed by atoms with Gasteiger partial charge < -0.3 is 10.4 Å². The van der Waals surface area contributed by atoms with Crippen molar-refractivity contribution in [3.63, 3.8) is 0 Å². The standard InChI is InChI=1S/C10H22N2O/c1-9(2,3)10(4,13)12-7-5-11-6-8-12/h11,13H,5-8H2,1-4H3. The highest BCUT2D eigenvalue weighted by Gasteiger charge is 2.40. The minimum absolute atomic E-state index is 0.0929. The van der Waals surface area contributed by atoms with Gasteiger partial charge in [-0.1, -0.05) is 20.8 Å². The van der Waals surface area contributed by atoms with Crippen molar-refractivity contribution in [1.29, 1.82) is 0 Å². The van der Waals surface area contributed by atoms with Crippen LogP contribution >= 0.6 is 0 Å². The molecule has 0 aromatic carbocycles. The van der Waals surface area contributed by atoms with E-state index in [1.165, 1.54) is 0 Å². The van der Waals surface area contributed by atoms with Crippen molar-refractivity contribution < 1.29 is 5.11 Å². The molecular formula is C10H22N2O. The van der Waals surface area contributed by atoms with Crippen molar-refractivity contribution in [3.8, 4) is 0 Å². The lowest BCUT2D eigenvalue weighted by Gasteiger charge is -2.47. The molecule has 1 unspecified atom stereocenters. The maximum Gasteiger partial charge on any atom is 0.120 e. The van der Waals surface area contributed by atoms with E-state index in [9.17, 15) is 5.11 Å². The van der Waals surface area contributed by atoms with Crippen LogP contribution in [-0.4, -0.2) is 41.9 Å². The summed E-state index contributed by atoms with van der Waals surface area (Å²) in [6.45, 7) is 12.0. The lowest BCUT2D eigenvalue weighted by atomic mass is 9.83. The molecule has 1 aliphatic rings. The Morgan fingerprint density at radius 1 is 1.08 bits per heavy atom. The average Bonchev–Trinajstić information content (AvgIpc) is 2.04. The first-order valence-corrected chi connectivity index (χ1v) is 5.04. The fourth-order valence-electron chi connectivity index (χ4n) is 1.57. The van der Waals surface area contributed by atoms with Gasteiger partial charge in [-0.2, -0.15) is 0 Å². The SMILES string of the molecule is CC(C)(C)C(C)(O)N1CCNCC1. The van der Waals surface area contributed by atoms with Crippen LogP contribution in [0.25, 0.3) is 0 Å². The number of nitrogens with one attached hydrogen (secondary N) is 1. The third-order valence-electron chi connectivity index (χ3n) is 3.15. The summed E-state index contributed by atoms with van der Waals surface area (Å²) >= 11 is 0. The minimum atomic E-state index is -0.699. The van der Waals surface area contributed by atoms with Gasteiger partial charge in [-0.15, -0.1) is 0 Å². The van der Waals surface area contributed by atoms with Crippen LogP contribution in [0.3, 0.4) is 0 Å². The monoisotopic (exact) mass is 186 g/mol. The van der Waals surface area contributed by atoms with Crippen LogP contribution in [0.5, 0.6) is 0 Å². The quantitative estimate of drug-likeness (QED) is 0.631. The number of hydrogen-bond donors (Lipinski definition) is 2. The van der Waals surface area contributed by atoms with Crippen LogP contribution in [0.4, 0.5) is 0 Å². The van der Waals surface area contributed by atoms with E-state index in [-0.39, 0.29) is 5.41 Å². The van der Waals surface area contributed by atoms with Crippen molar-refractivity contribution >= 4 is 0 Å². The van der Waals surface area contributed by atoms with Gasteiger partial charge >= 0.3 is 0 Å². The molecule has 1 rings (SSSR count). The highest BCUT2D eigenvalue weighted by atomic mass is 16.3. The Balaban J connectivity index is 2.67. The number of rotatable bonds is 1. The molecule has 0 amide bonds. The zero-order chi connectivity index (χ0) is 10.1. The summed E-state index contributed by atoms with van der Waals surface area (Å²) in [6, 6.07) is 0. The highest BCUT2D eigenvalue weighted by molar-refractivity contribution is 4.88. The third-order valence-corrected chi connectivity index (χ3v) is 3.15. The van der Waals surface area contributed by atoms with E-state index in [1.807, 2.05) is 6.92 Å². The number of aliphatic hydroxyl groups is 1. The maximum atomic E-state index is 10.4. The highest BCUT2D eigenvalue weighted by Crippen LogP contribution is 2.32. The lowest BCUT2D eigenvalue weighted by molar-refractivity contribution is -0.168. The van der Waals surface area contributed by atoms with Gasteiger partial charge in [0.1, 0.15) is 5.72 Å². The third kappa shape index (κ3) is 2.22. The van der Waals surface area contributed by atoms with E-state index in [0.29, 0.717) is 0 Å². The predicted molar refractivity (Wildman–Crippen MR) is 54.5 cm³/mol. The first kappa shape index (κ1) is 11.0. The Hall–Kier alpha value is -0.120. The van der Waals surface area contributed by atoms with Crippen LogP contribution in [0.1, 0.15) is 27.7 Å². The molecule has 0 aromatic rings. The number of hydrogen-bond acceptors (Lipinski definition) is 3. The molecule has 0 spiro atoms. The molecule has 3 nitrogen and oxygen atoms in total. The molecule has 0 bridgehead atoms. The van der Waals surface area contributed by atoms with Gasteiger partial charge in [0.05, 0.1) is 0 Å². The van der Waals surface area contributed by atoms with Gasteiger partial charge in [-0.3, -0.25) is 4.90 Å². The molecule has 0 aromatic heterocycles. The van der Waals surface area contributed by atoms with E-state index in [1.54, 1.807) is 0 Å². The van der Waals surface area contributed by atoms with Crippen molar-refractivity contribution in [3.05, 3.63) is 0 Å². The lowest BCUT2D eigenvalue weighted by Crippen LogP contribution is -2.60. The van der Waals surface area contributed by atoms with E-state index < -0.39 is 5.72 Å². The topological polar surface area (TPSA) is 35.5 Å². The molecule has 3 heteroatoms. The van der Waals surface area contributed by atoms with Crippen LogP contribution in [0, 0.1) is 5.41 Å². The van der Waals surface area contributed by atoms with Crippen LogP contribution < -0.4 is 5.32 Å². The first-order valence-electron chi connectivity index (χ1n) is 5.04. The van der Waals surface area contributed by atoms with Crippen LogP contribution in [0.2, 0.25) is 0 Å². The van der Waals surface area contributed by atoms with E-state index >= 15 is 0 Å². The van der Waals surface area contributed by atoms with Gasteiger partial charge in [-0.05, 0) is 6.92 Å². The molecule has 0 saturated carbocycles. The van der Waals surface area contributed by atoms with E-state index in [2.05, 4.69) is 31.0 Å². The summed E-state index contributed by atoms with van der Waals surface area (Å²) < 4.78 is 0. The Kier molecular flexibility index (Phi) is 3.00. The summed E-state index contributed by atoms with van der Waals surface area (Å²) in [5.74, 6) is 0. The molecule has 1 atom stereocenters. The number of nitrogens with zero attached hydrogens (tertiary/aromatic N) is 1. The fraction of sp³-hybridized carbons (Fsp3) is 1.00. The Labute approximate surface area is 81.1 Å². The van der Waals surface area contributed by atoms with Gasteiger partial charge in [0.2, 0.25) is 0 Å². The zero-order valence-corrected chi connectivity index (χ0v) is 9.22. The molecule has 0 aliphatic carbocycles. The van der Waals surface area contributed by atoms with E-state index in [4.69, 9.17) is 0 Å². The molecule has 1 heterocycles. The Bertz CT molecular complexity index is 166. The van der Waals surface area contributed by atoms with Crippen LogP contribution in [0.15, 0.2) is 0 Å². The van der Waals surface area contributed by atoms with Crippen LogP contribution in [-0.2, 0) is 0 Å². The van der Waals surface area contributed by atoms with Gasteiger partial charge in [0.15, 0.2) is 0 Å². The zero-order valence-electron chi connectivity index (χ0n) is 9.22. The first-order chi connectivity index (χ1) is 5.86. The molecule has 1 fully saturated rings. The Morgan fingerprint density at radius 3 is 1.92 bits per heavy atom. The second-order valence-electron chi connectivity index (χ2n) is 5.01. The van der Waals surface area contributed by atoms with Crippen molar-refractivity contribution in [2.75, 3.05) is 26.2 Å². The second-order valence-corrected chi connectivity index (χ2v) is 5.01. The predicted octanol–water partition coefficient (Wildman–Crippen LogP) is 0.646. The van der Waals surface area contributed by atoms with Gasteiger partial charge in [0, 0.05) is 31.6 Å². The fourth-order valence-corrected chi connectivity index (χ4v) is 1.57. The molecule has 78 valence electrons. The summed E-state index contributed by atoms with van der Waals surface area (Å²) in [5.41, 5.74) is -0.792. The molecule has 1 saturated heterocycles. The molecule has 0 radical (unpaired) electrons. The van der Waals surface area contributed by atoms with E-state index in [0.717, 1.165) is 26.2 Å². The van der Waals surface area contributed by atoms with Crippen molar-refractivity contribution in [2.24, 2.45) is 5.41 Å². The number of piperazine rings is 1. The van der Waals surface area contributed by atoms with Gasteiger partial charge in [0.25, 0.3) is 0 Å². The molecule has 1 aliphatic heterocycles. The normalized spacial score (nSPS) is 25.6. The summed E-state index contributed by atoms with van der Waals surface area (Å²) in [6.07, 6.45) is 0. The average molecular weight is 186 g/mol.